The smallest absolute Gasteiger partial charge is 0.316 e. The van der Waals surface area contributed by atoms with E-state index < -0.39 is 6.03 Å². The number of aromatic nitrogens is 3. The maximum Gasteiger partial charge on any atom is 0.316 e. The molecule has 0 unspecified atom stereocenters. The van der Waals surface area contributed by atoms with Crippen LogP contribution in [0.15, 0.2) is 54.9 Å². The van der Waals surface area contributed by atoms with Gasteiger partial charge in [0.15, 0.2) is 0 Å². The van der Waals surface area contributed by atoms with Crippen LogP contribution in [-0.4, -0.2) is 34.2 Å². The van der Waals surface area contributed by atoms with Gasteiger partial charge in [-0.3, -0.25) is 0 Å². The fraction of sp³-hybridized carbons (Fsp3) is 0.174. The summed E-state index contributed by atoms with van der Waals surface area (Å²) in [7, 11) is 1.58. The van der Waals surface area contributed by atoms with Crippen LogP contribution in [-0.2, 0) is 6.54 Å². The molecule has 0 fully saturated rings. The van der Waals surface area contributed by atoms with E-state index in [1.807, 2.05) is 35.8 Å². The highest BCUT2D eigenvalue weighted by atomic mass is 19.1. The first kappa shape index (κ1) is 21.1. The number of fused-ring (bicyclic) bond motifs is 1. The Morgan fingerprint density at radius 2 is 1.94 bits per heavy atom. The standard InChI is InChI=1S/C23H23FN6O2/c1-14-11-17-20(32-2)8-7-18(24)22(17)30(14)10-9-26-21-12-19(27-13-28-21)15-3-5-16(6-4-15)29-23(25)31/h3-8,11-13H,9-10H2,1-2H3,(H3,25,29,31)(H,26,27,28). The zero-order chi connectivity index (χ0) is 22.7. The van der Waals surface area contributed by atoms with Gasteiger partial charge in [0, 0.05) is 41.5 Å². The third-order valence-electron chi connectivity index (χ3n) is 5.15. The van der Waals surface area contributed by atoms with Crippen LogP contribution in [0.2, 0.25) is 0 Å². The van der Waals surface area contributed by atoms with Gasteiger partial charge in [-0.1, -0.05) is 12.1 Å². The molecule has 2 amide bonds. The number of ether oxygens (including phenoxy) is 1. The molecule has 0 aliphatic heterocycles. The van der Waals surface area contributed by atoms with E-state index in [0.29, 0.717) is 35.9 Å². The number of nitrogens with two attached hydrogens (primary N) is 1. The lowest BCUT2D eigenvalue weighted by atomic mass is 10.1. The first-order valence-electron chi connectivity index (χ1n) is 10.0. The molecule has 0 aliphatic rings. The molecular weight excluding hydrogens is 411 g/mol. The second kappa shape index (κ2) is 8.93. The maximum atomic E-state index is 14.5. The molecule has 164 valence electrons. The quantitative estimate of drug-likeness (QED) is 0.405. The number of benzene rings is 2. The number of amides is 2. The largest absolute Gasteiger partial charge is 0.496 e. The van der Waals surface area contributed by atoms with Crippen molar-refractivity contribution in [2.75, 3.05) is 24.3 Å². The van der Waals surface area contributed by atoms with E-state index in [4.69, 9.17) is 10.5 Å². The zero-order valence-corrected chi connectivity index (χ0v) is 17.7. The van der Waals surface area contributed by atoms with E-state index in [9.17, 15) is 9.18 Å². The number of carbonyl (C=O) groups is 1. The molecule has 0 saturated carbocycles. The lowest BCUT2D eigenvalue weighted by Crippen LogP contribution is -2.19. The fourth-order valence-corrected chi connectivity index (χ4v) is 3.68. The monoisotopic (exact) mass is 434 g/mol. The Labute approximate surface area is 184 Å². The summed E-state index contributed by atoms with van der Waals surface area (Å²) in [6.07, 6.45) is 1.48. The van der Waals surface area contributed by atoms with Crippen LogP contribution >= 0.6 is 0 Å². The number of halogens is 1. The van der Waals surface area contributed by atoms with Crippen LogP contribution in [0.3, 0.4) is 0 Å². The molecule has 4 N–H and O–H groups in total. The lowest BCUT2D eigenvalue weighted by Gasteiger charge is -2.12. The van der Waals surface area contributed by atoms with Crippen molar-refractivity contribution < 1.29 is 13.9 Å². The molecule has 0 aliphatic carbocycles. The van der Waals surface area contributed by atoms with Gasteiger partial charge in [0.2, 0.25) is 0 Å². The average molecular weight is 434 g/mol. The predicted molar refractivity (Wildman–Crippen MR) is 122 cm³/mol. The minimum Gasteiger partial charge on any atom is -0.496 e. The van der Waals surface area contributed by atoms with E-state index in [-0.39, 0.29) is 5.82 Å². The first-order valence-corrected chi connectivity index (χ1v) is 10.0. The summed E-state index contributed by atoms with van der Waals surface area (Å²) in [5.74, 6) is 1.02. The van der Waals surface area contributed by atoms with Gasteiger partial charge in [-0.2, -0.15) is 0 Å². The van der Waals surface area contributed by atoms with E-state index >= 15 is 0 Å². The van der Waals surface area contributed by atoms with Gasteiger partial charge in [0.1, 0.15) is 23.7 Å². The number of hydrogen-bond acceptors (Lipinski definition) is 5. The van der Waals surface area contributed by atoms with Crippen molar-refractivity contribution in [1.29, 1.82) is 0 Å². The highest BCUT2D eigenvalue weighted by Gasteiger charge is 2.14. The first-order chi connectivity index (χ1) is 15.5. The van der Waals surface area contributed by atoms with Crippen LogP contribution in [0.5, 0.6) is 5.75 Å². The number of anilines is 2. The predicted octanol–water partition coefficient (Wildman–Crippen LogP) is 4.16. The van der Waals surface area contributed by atoms with Crippen molar-refractivity contribution in [3.8, 4) is 17.0 Å². The summed E-state index contributed by atoms with van der Waals surface area (Å²) in [4.78, 5) is 19.5. The second-order valence-electron chi connectivity index (χ2n) is 7.23. The highest BCUT2D eigenvalue weighted by Crippen LogP contribution is 2.30. The number of hydrogen-bond donors (Lipinski definition) is 3. The van der Waals surface area contributed by atoms with Crippen molar-refractivity contribution in [3.63, 3.8) is 0 Å². The number of urea groups is 1. The van der Waals surface area contributed by atoms with E-state index in [0.717, 1.165) is 22.3 Å². The van der Waals surface area contributed by atoms with Gasteiger partial charge in [-0.05, 0) is 37.3 Å². The van der Waals surface area contributed by atoms with Gasteiger partial charge in [0.05, 0.1) is 18.3 Å². The number of nitrogens with one attached hydrogen (secondary N) is 2. The molecule has 2 aromatic carbocycles. The molecule has 8 nitrogen and oxygen atoms in total. The maximum absolute atomic E-state index is 14.5. The van der Waals surface area contributed by atoms with Crippen molar-refractivity contribution in [1.82, 2.24) is 14.5 Å². The minimum absolute atomic E-state index is 0.285. The Hall–Kier alpha value is -4.14. The van der Waals surface area contributed by atoms with Crippen LogP contribution in [0.25, 0.3) is 22.2 Å². The van der Waals surface area contributed by atoms with Crippen LogP contribution in [0.4, 0.5) is 20.7 Å². The SMILES string of the molecule is COc1ccc(F)c2c1cc(C)n2CCNc1cc(-c2ccc(NC(N)=O)cc2)ncn1. The zero-order valence-electron chi connectivity index (χ0n) is 17.7. The Bertz CT molecular complexity index is 1270. The molecule has 9 heteroatoms. The molecule has 4 rings (SSSR count). The molecule has 4 aromatic rings. The highest BCUT2D eigenvalue weighted by molar-refractivity contribution is 5.88. The van der Waals surface area contributed by atoms with Crippen molar-refractivity contribution in [3.05, 3.63) is 66.4 Å². The van der Waals surface area contributed by atoms with Gasteiger partial charge in [-0.25, -0.2) is 19.2 Å². The molecule has 0 atom stereocenters. The van der Waals surface area contributed by atoms with E-state index in [2.05, 4.69) is 20.6 Å². The molecule has 32 heavy (non-hydrogen) atoms. The Morgan fingerprint density at radius 3 is 2.66 bits per heavy atom. The summed E-state index contributed by atoms with van der Waals surface area (Å²) in [5.41, 5.74) is 8.80. The normalized spacial score (nSPS) is 10.8. The van der Waals surface area contributed by atoms with Crippen molar-refractivity contribution in [2.45, 2.75) is 13.5 Å². The minimum atomic E-state index is -0.615. The van der Waals surface area contributed by atoms with Gasteiger partial charge >= 0.3 is 6.03 Å². The van der Waals surface area contributed by atoms with E-state index in [1.54, 1.807) is 25.3 Å². The summed E-state index contributed by atoms with van der Waals surface area (Å²) >= 11 is 0. The number of nitrogens with zero attached hydrogens (tertiary/aromatic N) is 3. The van der Waals surface area contributed by atoms with E-state index in [1.165, 1.54) is 12.4 Å². The summed E-state index contributed by atoms with van der Waals surface area (Å²) in [5, 5.41) is 6.55. The molecular formula is C23H23FN6O2. The Morgan fingerprint density at radius 1 is 1.16 bits per heavy atom. The summed E-state index contributed by atoms with van der Waals surface area (Å²) in [6.45, 7) is 3.03. The molecule has 0 spiro atoms. The number of rotatable bonds is 7. The number of carbonyl (C=O) groups excluding carboxylic acids is 1. The molecule has 0 radical (unpaired) electrons. The van der Waals surface area contributed by atoms with Crippen molar-refractivity contribution >= 4 is 28.4 Å². The number of methoxy groups -OCH3 is 1. The Kier molecular flexibility index (Phi) is 5.89. The molecule has 0 bridgehead atoms. The second-order valence-corrected chi connectivity index (χ2v) is 7.23. The molecule has 0 saturated heterocycles. The number of primary amides is 1. The topological polar surface area (TPSA) is 107 Å². The van der Waals surface area contributed by atoms with Gasteiger partial charge < -0.3 is 25.7 Å². The Balaban J connectivity index is 1.48. The van der Waals surface area contributed by atoms with Crippen LogP contribution in [0, 0.1) is 12.7 Å². The number of aryl methyl sites for hydroxylation is 1. The fourth-order valence-electron chi connectivity index (χ4n) is 3.68. The van der Waals surface area contributed by atoms with Crippen LogP contribution in [0.1, 0.15) is 5.69 Å². The molecule has 2 aromatic heterocycles. The van der Waals surface area contributed by atoms with Crippen molar-refractivity contribution in [2.24, 2.45) is 5.73 Å². The summed E-state index contributed by atoms with van der Waals surface area (Å²) < 4.78 is 21.8. The lowest BCUT2D eigenvalue weighted by molar-refractivity contribution is 0.259. The average Bonchev–Trinajstić information content (AvgIpc) is 3.11. The summed E-state index contributed by atoms with van der Waals surface area (Å²) in [6, 6.07) is 13.4. The third kappa shape index (κ3) is 4.31. The van der Waals surface area contributed by atoms with Crippen LogP contribution < -0.4 is 21.1 Å². The van der Waals surface area contributed by atoms with Gasteiger partial charge in [0.25, 0.3) is 0 Å². The third-order valence-corrected chi connectivity index (χ3v) is 5.15. The van der Waals surface area contributed by atoms with Gasteiger partial charge in [-0.15, -0.1) is 0 Å². The molecule has 2 heterocycles.